The molecule has 0 spiro atoms. The number of nitrogens with zero attached hydrogens (tertiary/aromatic N) is 1. The number of amides is 1. The maximum Gasteiger partial charge on any atom is 0.297 e. The molecule has 3 aromatic rings. The number of benzene rings is 3. The van der Waals surface area contributed by atoms with Gasteiger partial charge in [0.1, 0.15) is 5.75 Å². The van der Waals surface area contributed by atoms with E-state index in [-0.39, 0.29) is 4.90 Å². The Morgan fingerprint density at radius 1 is 0.867 bits per heavy atom. The number of hydrogen-bond donors (Lipinski definition) is 0. The molecule has 0 aliphatic carbocycles. The summed E-state index contributed by atoms with van der Waals surface area (Å²) in [6.45, 7) is 1.87. The molecular weight excluding hydrogens is 402 g/mol. The van der Waals surface area contributed by atoms with E-state index in [0.29, 0.717) is 11.4 Å². The van der Waals surface area contributed by atoms with Crippen molar-refractivity contribution in [3.05, 3.63) is 90.0 Å². The lowest BCUT2D eigenvalue weighted by atomic mass is 9.90. The van der Waals surface area contributed by atoms with Crippen LogP contribution in [0.15, 0.2) is 83.8 Å². The van der Waals surface area contributed by atoms with Gasteiger partial charge in [-0.2, -0.15) is 8.42 Å². The summed E-state index contributed by atoms with van der Waals surface area (Å²) in [5.41, 5.74) is 2.36. The topological polar surface area (TPSA) is 72.9 Å². The molecule has 2 atom stereocenters. The fourth-order valence-electron chi connectivity index (χ4n) is 3.46. The van der Waals surface area contributed by atoms with Crippen molar-refractivity contribution in [2.24, 2.45) is 0 Å². The first-order chi connectivity index (χ1) is 14.4. The average Bonchev–Trinajstić information content (AvgIpc) is 2.77. The lowest BCUT2D eigenvalue weighted by Crippen LogP contribution is -2.60. The van der Waals surface area contributed by atoms with Crippen LogP contribution in [0.3, 0.4) is 0 Å². The van der Waals surface area contributed by atoms with Gasteiger partial charge < -0.3 is 4.74 Å². The SMILES string of the molecule is COc1ccc(N2C(=O)[C@H](OS(=O)(=O)c3ccc(C)cc3)[C@H]2c2ccccc2)cc1. The van der Waals surface area contributed by atoms with Crippen LogP contribution in [-0.4, -0.2) is 27.5 Å². The standard InChI is InChI=1S/C23H21NO5S/c1-16-8-14-20(15-9-16)30(26,27)29-22-21(17-6-4-3-5-7-17)24(23(22)25)18-10-12-19(28-2)13-11-18/h3-15,21-22H,1-2H3/t21-,22-/m1/s1. The van der Waals surface area contributed by atoms with Crippen molar-refractivity contribution in [1.29, 1.82) is 0 Å². The van der Waals surface area contributed by atoms with Gasteiger partial charge in [0.2, 0.25) is 0 Å². The van der Waals surface area contributed by atoms with Crippen molar-refractivity contribution in [2.45, 2.75) is 24.0 Å². The molecule has 1 aliphatic rings. The molecule has 1 saturated heterocycles. The third-order valence-corrected chi connectivity index (χ3v) is 6.39. The number of methoxy groups -OCH3 is 1. The van der Waals surface area contributed by atoms with Crippen LogP contribution in [0.5, 0.6) is 5.75 Å². The number of anilines is 1. The molecule has 0 aromatic heterocycles. The van der Waals surface area contributed by atoms with Gasteiger partial charge >= 0.3 is 0 Å². The van der Waals surface area contributed by atoms with Gasteiger partial charge in [-0.3, -0.25) is 13.9 Å². The van der Waals surface area contributed by atoms with E-state index in [1.54, 1.807) is 48.4 Å². The van der Waals surface area contributed by atoms with Gasteiger partial charge in [-0.1, -0.05) is 48.0 Å². The molecular formula is C23H21NO5S. The summed E-state index contributed by atoms with van der Waals surface area (Å²) in [4.78, 5) is 14.5. The molecule has 1 heterocycles. The van der Waals surface area contributed by atoms with Crippen molar-refractivity contribution >= 4 is 21.7 Å². The molecule has 7 heteroatoms. The van der Waals surface area contributed by atoms with Crippen molar-refractivity contribution in [2.75, 3.05) is 12.0 Å². The molecule has 30 heavy (non-hydrogen) atoms. The highest BCUT2D eigenvalue weighted by Gasteiger charge is 2.52. The van der Waals surface area contributed by atoms with Crippen LogP contribution >= 0.6 is 0 Å². The van der Waals surface area contributed by atoms with Crippen molar-refractivity contribution in [1.82, 2.24) is 0 Å². The minimum atomic E-state index is -4.09. The Hall–Kier alpha value is -3.16. The second kappa shape index (κ2) is 7.93. The van der Waals surface area contributed by atoms with E-state index in [2.05, 4.69) is 0 Å². The average molecular weight is 423 g/mol. The molecule has 0 unspecified atom stereocenters. The number of carbonyl (C=O) groups excluding carboxylic acids is 1. The Morgan fingerprint density at radius 3 is 2.10 bits per heavy atom. The summed E-state index contributed by atoms with van der Waals surface area (Å²) in [5, 5.41) is 0. The molecule has 0 radical (unpaired) electrons. The number of ether oxygens (including phenoxy) is 1. The first-order valence-corrected chi connectivity index (χ1v) is 10.8. The zero-order valence-corrected chi connectivity index (χ0v) is 17.4. The first-order valence-electron chi connectivity index (χ1n) is 9.43. The largest absolute Gasteiger partial charge is 0.497 e. The van der Waals surface area contributed by atoms with E-state index in [1.807, 2.05) is 37.3 Å². The summed E-state index contributed by atoms with van der Waals surface area (Å²) in [6, 6.07) is 22.1. The number of hydrogen-bond acceptors (Lipinski definition) is 5. The van der Waals surface area contributed by atoms with Crippen LogP contribution in [0.1, 0.15) is 17.2 Å². The lowest BCUT2D eigenvalue weighted by Gasteiger charge is -2.46. The quantitative estimate of drug-likeness (QED) is 0.445. The first kappa shape index (κ1) is 20.1. The van der Waals surface area contributed by atoms with E-state index < -0.39 is 28.2 Å². The van der Waals surface area contributed by atoms with Gasteiger partial charge in [-0.15, -0.1) is 0 Å². The fourth-order valence-corrected chi connectivity index (χ4v) is 4.50. The third kappa shape index (κ3) is 3.69. The van der Waals surface area contributed by atoms with Gasteiger partial charge in [-0.05, 0) is 48.9 Å². The number of rotatable bonds is 6. The highest BCUT2D eigenvalue weighted by Crippen LogP contribution is 2.42. The van der Waals surface area contributed by atoms with E-state index >= 15 is 0 Å². The van der Waals surface area contributed by atoms with Gasteiger partial charge in [0.15, 0.2) is 6.10 Å². The highest BCUT2D eigenvalue weighted by molar-refractivity contribution is 7.86. The molecule has 1 aliphatic heterocycles. The summed E-state index contributed by atoms with van der Waals surface area (Å²) >= 11 is 0. The van der Waals surface area contributed by atoms with E-state index in [4.69, 9.17) is 8.92 Å². The highest BCUT2D eigenvalue weighted by atomic mass is 32.2. The smallest absolute Gasteiger partial charge is 0.297 e. The van der Waals surface area contributed by atoms with Crippen LogP contribution in [0.2, 0.25) is 0 Å². The van der Waals surface area contributed by atoms with Gasteiger partial charge in [0, 0.05) is 5.69 Å². The van der Waals surface area contributed by atoms with Gasteiger partial charge in [0.05, 0.1) is 18.0 Å². The van der Waals surface area contributed by atoms with E-state index in [9.17, 15) is 13.2 Å². The molecule has 0 saturated carbocycles. The van der Waals surface area contributed by atoms with Gasteiger partial charge in [-0.25, -0.2) is 0 Å². The number of carbonyl (C=O) groups is 1. The molecule has 154 valence electrons. The molecule has 0 bridgehead atoms. The summed E-state index contributed by atoms with van der Waals surface area (Å²) < 4.78 is 36.2. The van der Waals surface area contributed by atoms with Crippen LogP contribution in [0.25, 0.3) is 0 Å². The monoisotopic (exact) mass is 423 g/mol. The summed E-state index contributed by atoms with van der Waals surface area (Å²) in [7, 11) is -2.53. The maximum absolute atomic E-state index is 13.0. The molecule has 3 aromatic carbocycles. The zero-order valence-electron chi connectivity index (χ0n) is 16.6. The Bertz CT molecular complexity index is 1140. The van der Waals surface area contributed by atoms with E-state index in [1.165, 1.54) is 12.1 Å². The number of β-lactam (4-membered cyclic amide) rings is 1. The van der Waals surface area contributed by atoms with Crippen LogP contribution in [0, 0.1) is 6.92 Å². The lowest BCUT2D eigenvalue weighted by molar-refractivity contribution is -0.134. The van der Waals surface area contributed by atoms with Crippen LogP contribution < -0.4 is 9.64 Å². The Morgan fingerprint density at radius 2 is 1.50 bits per heavy atom. The minimum Gasteiger partial charge on any atom is -0.497 e. The number of aryl methyl sites for hydroxylation is 1. The summed E-state index contributed by atoms with van der Waals surface area (Å²) in [6.07, 6.45) is -1.14. The second-order valence-electron chi connectivity index (χ2n) is 7.05. The maximum atomic E-state index is 13.0. The Labute approximate surface area is 175 Å². The predicted octanol–water partition coefficient (Wildman–Crippen LogP) is 3.87. The Kier molecular flexibility index (Phi) is 5.32. The minimum absolute atomic E-state index is 0.0237. The van der Waals surface area contributed by atoms with E-state index in [0.717, 1.165) is 11.1 Å². The van der Waals surface area contributed by atoms with Crippen molar-refractivity contribution < 1.29 is 22.1 Å². The predicted molar refractivity (Wildman–Crippen MR) is 113 cm³/mol. The van der Waals surface area contributed by atoms with Crippen molar-refractivity contribution in [3.8, 4) is 5.75 Å². The molecule has 1 fully saturated rings. The molecule has 4 rings (SSSR count). The normalized spacial score (nSPS) is 18.7. The summed E-state index contributed by atoms with van der Waals surface area (Å²) in [5.74, 6) is 0.252. The van der Waals surface area contributed by atoms with Crippen LogP contribution in [-0.2, 0) is 19.1 Å². The van der Waals surface area contributed by atoms with Gasteiger partial charge in [0.25, 0.3) is 16.0 Å². The van der Waals surface area contributed by atoms with Crippen molar-refractivity contribution in [3.63, 3.8) is 0 Å². The molecule has 0 N–H and O–H groups in total. The molecule has 1 amide bonds. The second-order valence-corrected chi connectivity index (χ2v) is 8.62. The fraction of sp³-hybridized carbons (Fsp3) is 0.174. The Balaban J connectivity index is 1.67. The van der Waals surface area contributed by atoms with Crippen LogP contribution in [0.4, 0.5) is 5.69 Å². The zero-order chi connectivity index (χ0) is 21.3. The molecule has 6 nitrogen and oxygen atoms in total. The third-order valence-electron chi connectivity index (χ3n) is 5.08.